The number of carbonyl (C=O) groups excluding carboxylic acids is 1. The number of carbonyl (C=O) groups is 1. The number of benzene rings is 2. The van der Waals surface area contributed by atoms with Gasteiger partial charge in [-0.1, -0.05) is 29.8 Å². The van der Waals surface area contributed by atoms with E-state index in [4.69, 9.17) is 11.6 Å². The van der Waals surface area contributed by atoms with Crippen LogP contribution in [-0.2, 0) is 30.7 Å². The molecule has 2 aromatic carbocycles. The molecular formula is C24H21ClFN3OS. The number of hydrogen-bond donors (Lipinski definition) is 1. The molecule has 1 aliphatic heterocycles. The molecule has 1 N–H and O–H groups in total. The highest BCUT2D eigenvalue weighted by Crippen LogP contribution is 2.37. The lowest BCUT2D eigenvalue weighted by atomic mass is 10.0. The van der Waals surface area contributed by atoms with Crippen molar-refractivity contribution >= 4 is 33.8 Å². The molecule has 0 unspecified atom stereocenters. The molecule has 0 atom stereocenters. The van der Waals surface area contributed by atoms with Crippen molar-refractivity contribution in [3.8, 4) is 6.07 Å². The van der Waals surface area contributed by atoms with E-state index in [0.29, 0.717) is 28.7 Å². The number of thiophene rings is 1. The Balaban J connectivity index is 1.48. The molecule has 0 spiro atoms. The van der Waals surface area contributed by atoms with E-state index in [-0.39, 0.29) is 18.1 Å². The van der Waals surface area contributed by atoms with Crippen molar-refractivity contribution in [1.82, 2.24) is 4.90 Å². The summed E-state index contributed by atoms with van der Waals surface area (Å²) in [7, 11) is 0. The number of fused-ring (bicyclic) bond motifs is 1. The molecule has 3 aromatic rings. The first-order valence-electron chi connectivity index (χ1n) is 9.98. The number of nitriles is 1. The molecule has 4 rings (SSSR count). The molecule has 0 bridgehead atoms. The van der Waals surface area contributed by atoms with Gasteiger partial charge in [-0.3, -0.25) is 9.69 Å². The van der Waals surface area contributed by atoms with Crippen LogP contribution in [0.2, 0.25) is 5.02 Å². The molecule has 158 valence electrons. The van der Waals surface area contributed by atoms with Crippen molar-refractivity contribution in [3.63, 3.8) is 0 Å². The van der Waals surface area contributed by atoms with Crippen LogP contribution < -0.4 is 5.32 Å². The van der Waals surface area contributed by atoms with Crippen LogP contribution in [0.25, 0.3) is 0 Å². The second-order valence-corrected chi connectivity index (χ2v) is 9.31. The molecule has 0 radical (unpaired) electrons. The van der Waals surface area contributed by atoms with Crippen LogP contribution in [-0.4, -0.2) is 17.4 Å². The lowest BCUT2D eigenvalue weighted by molar-refractivity contribution is -0.115. The van der Waals surface area contributed by atoms with Gasteiger partial charge in [0, 0.05) is 35.1 Å². The molecule has 0 saturated carbocycles. The zero-order valence-corrected chi connectivity index (χ0v) is 18.6. The Kier molecular flexibility index (Phi) is 6.38. The average molecular weight is 454 g/mol. The summed E-state index contributed by atoms with van der Waals surface area (Å²) in [5, 5.41) is 13.9. The van der Waals surface area contributed by atoms with Gasteiger partial charge in [-0.2, -0.15) is 5.26 Å². The van der Waals surface area contributed by atoms with Gasteiger partial charge in [0.05, 0.1) is 12.0 Å². The fraction of sp³-hybridized carbons (Fsp3) is 0.250. The first-order chi connectivity index (χ1) is 14.9. The van der Waals surface area contributed by atoms with Gasteiger partial charge in [0.25, 0.3) is 0 Å². The maximum atomic E-state index is 13.5. The Morgan fingerprint density at radius 2 is 2.13 bits per heavy atom. The SMILES string of the molecule is Cc1cc(Cl)cc(CC(=O)Nc2sc3c(c2C#N)CN(Cc2cccc(F)c2)CC3)c1. The number of hydrogen-bond acceptors (Lipinski definition) is 4. The van der Waals surface area contributed by atoms with Gasteiger partial charge in [0.15, 0.2) is 0 Å². The third-order valence-electron chi connectivity index (χ3n) is 5.25. The van der Waals surface area contributed by atoms with E-state index in [0.717, 1.165) is 40.1 Å². The Morgan fingerprint density at radius 1 is 1.29 bits per heavy atom. The molecular weight excluding hydrogens is 433 g/mol. The summed E-state index contributed by atoms with van der Waals surface area (Å²) in [6.07, 6.45) is 0.994. The minimum absolute atomic E-state index is 0.173. The summed E-state index contributed by atoms with van der Waals surface area (Å²) in [5.41, 5.74) is 4.23. The number of aryl methyl sites for hydroxylation is 1. The quantitative estimate of drug-likeness (QED) is 0.558. The van der Waals surface area contributed by atoms with Crippen molar-refractivity contribution in [2.24, 2.45) is 0 Å². The highest BCUT2D eigenvalue weighted by molar-refractivity contribution is 7.16. The van der Waals surface area contributed by atoms with E-state index in [9.17, 15) is 14.4 Å². The molecule has 1 amide bonds. The first kappa shape index (κ1) is 21.5. The lowest BCUT2D eigenvalue weighted by Gasteiger charge is -2.27. The molecule has 1 aromatic heterocycles. The molecule has 1 aliphatic rings. The number of rotatable bonds is 5. The monoisotopic (exact) mass is 453 g/mol. The van der Waals surface area contributed by atoms with Crippen molar-refractivity contribution in [2.45, 2.75) is 32.9 Å². The predicted molar refractivity (Wildman–Crippen MR) is 122 cm³/mol. The Hall–Kier alpha value is -2.72. The third-order valence-corrected chi connectivity index (χ3v) is 6.68. The van der Waals surface area contributed by atoms with E-state index in [2.05, 4.69) is 16.3 Å². The number of nitrogens with one attached hydrogen (secondary N) is 1. The van der Waals surface area contributed by atoms with Gasteiger partial charge < -0.3 is 5.32 Å². The van der Waals surface area contributed by atoms with Crippen LogP contribution in [0.5, 0.6) is 0 Å². The smallest absolute Gasteiger partial charge is 0.229 e. The second-order valence-electron chi connectivity index (χ2n) is 7.77. The zero-order valence-electron chi connectivity index (χ0n) is 17.0. The van der Waals surface area contributed by atoms with Crippen LogP contribution in [0.3, 0.4) is 0 Å². The van der Waals surface area contributed by atoms with Gasteiger partial charge in [0.2, 0.25) is 5.91 Å². The van der Waals surface area contributed by atoms with Gasteiger partial charge in [-0.15, -0.1) is 11.3 Å². The predicted octanol–water partition coefficient (Wildman–Crippen LogP) is 5.46. The summed E-state index contributed by atoms with van der Waals surface area (Å²) < 4.78 is 13.5. The van der Waals surface area contributed by atoms with E-state index in [1.54, 1.807) is 12.1 Å². The molecule has 0 saturated heterocycles. The fourth-order valence-corrected chi connectivity index (χ4v) is 5.43. The van der Waals surface area contributed by atoms with Crippen LogP contribution in [0.4, 0.5) is 9.39 Å². The van der Waals surface area contributed by atoms with Crippen LogP contribution in [0.1, 0.15) is 32.7 Å². The average Bonchev–Trinajstić information content (AvgIpc) is 3.03. The summed E-state index contributed by atoms with van der Waals surface area (Å²) in [6, 6.07) is 14.4. The van der Waals surface area contributed by atoms with Gasteiger partial charge in [0.1, 0.15) is 16.9 Å². The topological polar surface area (TPSA) is 56.1 Å². The van der Waals surface area contributed by atoms with E-state index < -0.39 is 0 Å². The minimum atomic E-state index is -0.247. The minimum Gasteiger partial charge on any atom is -0.316 e. The van der Waals surface area contributed by atoms with E-state index in [1.165, 1.54) is 23.5 Å². The van der Waals surface area contributed by atoms with Crippen molar-refractivity contribution in [3.05, 3.63) is 86.0 Å². The molecule has 0 fully saturated rings. The standard InChI is InChI=1S/C24H21ClFN3OS/c1-15-7-17(9-18(25)8-15)11-23(30)28-24-20(12-27)21-14-29(6-5-22(21)31-24)13-16-3-2-4-19(26)10-16/h2-4,7-10H,5-6,11,13-14H2,1H3,(H,28,30). The van der Waals surface area contributed by atoms with Crippen LogP contribution in [0, 0.1) is 24.1 Å². The highest BCUT2D eigenvalue weighted by Gasteiger charge is 2.25. The summed E-state index contributed by atoms with van der Waals surface area (Å²) in [5.74, 6) is -0.420. The summed E-state index contributed by atoms with van der Waals surface area (Å²) in [6.45, 7) is 3.98. The zero-order chi connectivity index (χ0) is 22.0. The Bertz CT molecular complexity index is 1160. The normalized spacial score (nSPS) is 13.5. The molecule has 4 nitrogen and oxygen atoms in total. The Labute approximate surface area is 189 Å². The molecule has 7 heteroatoms. The maximum absolute atomic E-state index is 13.5. The summed E-state index contributed by atoms with van der Waals surface area (Å²) in [4.78, 5) is 15.9. The van der Waals surface area contributed by atoms with Gasteiger partial charge in [-0.25, -0.2) is 4.39 Å². The van der Waals surface area contributed by atoms with Crippen molar-refractivity contribution in [1.29, 1.82) is 5.26 Å². The third kappa shape index (κ3) is 5.13. The van der Waals surface area contributed by atoms with E-state index >= 15 is 0 Å². The van der Waals surface area contributed by atoms with Gasteiger partial charge in [-0.05, 0) is 54.3 Å². The second kappa shape index (κ2) is 9.19. The molecule has 31 heavy (non-hydrogen) atoms. The lowest BCUT2D eigenvalue weighted by Crippen LogP contribution is -2.29. The highest BCUT2D eigenvalue weighted by atomic mass is 35.5. The van der Waals surface area contributed by atoms with Crippen molar-refractivity contribution < 1.29 is 9.18 Å². The largest absolute Gasteiger partial charge is 0.316 e. The Morgan fingerprint density at radius 3 is 2.87 bits per heavy atom. The first-order valence-corrected chi connectivity index (χ1v) is 11.2. The fourth-order valence-electron chi connectivity index (χ4n) is 3.95. The van der Waals surface area contributed by atoms with Crippen molar-refractivity contribution in [2.75, 3.05) is 11.9 Å². The summed E-state index contributed by atoms with van der Waals surface area (Å²) >= 11 is 7.57. The number of amides is 1. The number of nitrogens with zero attached hydrogens (tertiary/aromatic N) is 2. The van der Waals surface area contributed by atoms with E-state index in [1.807, 2.05) is 25.1 Å². The van der Waals surface area contributed by atoms with Crippen LogP contribution >= 0.6 is 22.9 Å². The molecule has 2 heterocycles. The van der Waals surface area contributed by atoms with Gasteiger partial charge >= 0.3 is 0 Å². The molecule has 0 aliphatic carbocycles. The van der Waals surface area contributed by atoms with Crippen LogP contribution in [0.15, 0.2) is 42.5 Å². The number of halogens is 2. The number of anilines is 1. The maximum Gasteiger partial charge on any atom is 0.229 e.